The molecule has 2 rings (SSSR count). The quantitative estimate of drug-likeness (QED) is 0.754. The van der Waals surface area contributed by atoms with Crippen molar-refractivity contribution in [3.63, 3.8) is 0 Å². The molecule has 6 heteroatoms. The predicted molar refractivity (Wildman–Crippen MR) is 54.3 cm³/mol. The lowest BCUT2D eigenvalue weighted by atomic mass is 9.93. The molecule has 0 aromatic rings. The Balaban J connectivity index is 0.00000112. The normalized spacial score (nSPS) is 29.1. The van der Waals surface area contributed by atoms with Crippen molar-refractivity contribution in [3.05, 3.63) is 0 Å². The van der Waals surface area contributed by atoms with Crippen molar-refractivity contribution < 1.29 is 13.6 Å². The number of hydrogen-bond acceptors (Lipinski definition) is 2. The van der Waals surface area contributed by atoms with E-state index in [4.69, 9.17) is 0 Å². The molecule has 1 heterocycles. The maximum absolute atomic E-state index is 13.3. The molecule has 1 saturated heterocycles. The van der Waals surface area contributed by atoms with Crippen molar-refractivity contribution in [2.45, 2.75) is 31.2 Å². The molecule has 0 spiro atoms. The van der Waals surface area contributed by atoms with E-state index in [-0.39, 0.29) is 31.4 Å². The van der Waals surface area contributed by atoms with Crippen LogP contribution in [0.1, 0.15) is 19.3 Å². The van der Waals surface area contributed by atoms with Gasteiger partial charge in [0.2, 0.25) is 5.91 Å². The Bertz CT molecular complexity index is 246. The van der Waals surface area contributed by atoms with E-state index in [2.05, 4.69) is 10.6 Å². The molecule has 0 aromatic heterocycles. The summed E-state index contributed by atoms with van der Waals surface area (Å²) < 4.78 is 26.5. The first kappa shape index (κ1) is 12.6. The summed E-state index contributed by atoms with van der Waals surface area (Å²) in [6.07, 6.45) is 2.09. The number of hydrogen-bond donors (Lipinski definition) is 2. The van der Waals surface area contributed by atoms with Gasteiger partial charge in [-0.1, -0.05) is 0 Å². The van der Waals surface area contributed by atoms with Gasteiger partial charge in [-0.25, -0.2) is 8.78 Å². The summed E-state index contributed by atoms with van der Waals surface area (Å²) in [6.45, 7) is 0.119. The van der Waals surface area contributed by atoms with E-state index in [9.17, 15) is 13.6 Å². The topological polar surface area (TPSA) is 41.1 Å². The van der Waals surface area contributed by atoms with Gasteiger partial charge in [-0.15, -0.1) is 12.4 Å². The number of piperidine rings is 1. The standard InChI is InChI=1S/C9H14F2N2O.ClH/c10-9(11)5-12-4-3-7(9)8(14)13-6-1-2-6;/h6-7,12H,1-5H2,(H,13,14);1H. The Hall–Kier alpha value is -0.420. The molecule has 1 atom stereocenters. The number of carbonyl (C=O) groups is 1. The van der Waals surface area contributed by atoms with E-state index in [0.717, 1.165) is 12.8 Å². The first-order chi connectivity index (χ1) is 6.59. The van der Waals surface area contributed by atoms with Crippen LogP contribution in [0.4, 0.5) is 8.78 Å². The molecule has 2 N–H and O–H groups in total. The number of carbonyl (C=O) groups excluding carboxylic acids is 1. The number of halogens is 3. The second-order valence-electron chi connectivity index (χ2n) is 4.06. The number of alkyl halides is 2. The Kier molecular flexibility index (Phi) is 3.89. The van der Waals surface area contributed by atoms with Gasteiger partial charge in [-0.05, 0) is 25.8 Å². The van der Waals surface area contributed by atoms with Crippen LogP contribution < -0.4 is 10.6 Å². The lowest BCUT2D eigenvalue weighted by Gasteiger charge is -2.30. The Morgan fingerprint density at radius 1 is 1.33 bits per heavy atom. The molecule has 1 unspecified atom stereocenters. The lowest BCUT2D eigenvalue weighted by molar-refractivity contribution is -0.142. The summed E-state index contributed by atoms with van der Waals surface area (Å²) in [7, 11) is 0. The maximum Gasteiger partial charge on any atom is 0.271 e. The summed E-state index contributed by atoms with van der Waals surface area (Å²) in [5, 5.41) is 5.23. The fourth-order valence-corrected chi connectivity index (χ4v) is 1.69. The number of rotatable bonds is 2. The average molecular weight is 241 g/mol. The summed E-state index contributed by atoms with van der Waals surface area (Å²) >= 11 is 0. The Morgan fingerprint density at radius 3 is 2.53 bits per heavy atom. The molecule has 3 nitrogen and oxygen atoms in total. The number of nitrogens with one attached hydrogen (secondary N) is 2. The van der Waals surface area contributed by atoms with E-state index < -0.39 is 17.7 Å². The summed E-state index contributed by atoms with van der Waals surface area (Å²) in [4.78, 5) is 11.4. The zero-order valence-corrected chi connectivity index (χ0v) is 9.08. The van der Waals surface area contributed by atoms with E-state index in [1.807, 2.05) is 0 Å². The minimum Gasteiger partial charge on any atom is -0.353 e. The third-order valence-electron chi connectivity index (χ3n) is 2.72. The van der Waals surface area contributed by atoms with E-state index in [1.165, 1.54) is 0 Å². The molecular weight excluding hydrogens is 226 g/mol. The molecule has 88 valence electrons. The largest absolute Gasteiger partial charge is 0.353 e. The lowest BCUT2D eigenvalue weighted by Crippen LogP contribution is -2.52. The van der Waals surface area contributed by atoms with Crippen molar-refractivity contribution in [1.82, 2.24) is 10.6 Å². The van der Waals surface area contributed by atoms with Crippen molar-refractivity contribution in [2.24, 2.45) is 5.92 Å². The Labute approximate surface area is 93.4 Å². The monoisotopic (exact) mass is 240 g/mol. The van der Waals surface area contributed by atoms with Gasteiger partial charge < -0.3 is 10.6 Å². The van der Waals surface area contributed by atoms with Gasteiger partial charge in [0, 0.05) is 6.04 Å². The molecule has 0 radical (unpaired) electrons. The summed E-state index contributed by atoms with van der Waals surface area (Å²) in [6, 6.07) is 0.160. The van der Waals surface area contributed by atoms with Gasteiger partial charge in [0.15, 0.2) is 0 Å². The van der Waals surface area contributed by atoms with E-state index in [1.54, 1.807) is 0 Å². The first-order valence-corrected chi connectivity index (χ1v) is 4.98. The van der Waals surface area contributed by atoms with Crippen LogP contribution in [0.2, 0.25) is 0 Å². The van der Waals surface area contributed by atoms with Crippen LogP contribution in [-0.2, 0) is 4.79 Å². The first-order valence-electron chi connectivity index (χ1n) is 4.98. The van der Waals surface area contributed by atoms with Gasteiger partial charge in [0.05, 0.1) is 6.54 Å². The molecule has 1 aliphatic carbocycles. The predicted octanol–water partition coefficient (Wildman–Crippen LogP) is 0.932. The van der Waals surface area contributed by atoms with Crippen molar-refractivity contribution in [1.29, 1.82) is 0 Å². The van der Waals surface area contributed by atoms with E-state index >= 15 is 0 Å². The molecule has 1 aliphatic heterocycles. The number of amides is 1. The zero-order valence-electron chi connectivity index (χ0n) is 8.26. The molecule has 2 fully saturated rings. The molecule has 1 saturated carbocycles. The maximum atomic E-state index is 13.3. The summed E-state index contributed by atoms with van der Waals surface area (Å²) in [5.41, 5.74) is 0. The van der Waals surface area contributed by atoms with Crippen LogP contribution in [0, 0.1) is 5.92 Å². The second kappa shape index (κ2) is 4.61. The fourth-order valence-electron chi connectivity index (χ4n) is 1.69. The highest BCUT2D eigenvalue weighted by molar-refractivity contribution is 5.85. The van der Waals surface area contributed by atoms with Crippen LogP contribution in [0.25, 0.3) is 0 Å². The van der Waals surface area contributed by atoms with Crippen molar-refractivity contribution in [2.75, 3.05) is 13.1 Å². The fraction of sp³-hybridized carbons (Fsp3) is 0.889. The highest BCUT2D eigenvalue weighted by Gasteiger charge is 2.46. The van der Waals surface area contributed by atoms with Crippen LogP contribution in [0.15, 0.2) is 0 Å². The van der Waals surface area contributed by atoms with Crippen LogP contribution in [0.5, 0.6) is 0 Å². The molecule has 0 bridgehead atoms. The van der Waals surface area contributed by atoms with Crippen molar-refractivity contribution in [3.8, 4) is 0 Å². The zero-order chi connectivity index (χ0) is 10.2. The SMILES string of the molecule is Cl.O=C(NC1CC1)C1CCNCC1(F)F. The molecule has 15 heavy (non-hydrogen) atoms. The van der Waals surface area contributed by atoms with Gasteiger partial charge in [-0.2, -0.15) is 0 Å². The Morgan fingerprint density at radius 2 is 2.00 bits per heavy atom. The smallest absolute Gasteiger partial charge is 0.271 e. The van der Waals surface area contributed by atoms with E-state index in [0.29, 0.717) is 6.54 Å². The van der Waals surface area contributed by atoms with Gasteiger partial charge >= 0.3 is 0 Å². The third-order valence-corrected chi connectivity index (χ3v) is 2.72. The van der Waals surface area contributed by atoms with Crippen molar-refractivity contribution >= 4 is 18.3 Å². The minimum absolute atomic E-state index is 0. The minimum atomic E-state index is -2.89. The van der Waals surface area contributed by atoms with Crippen LogP contribution in [0.3, 0.4) is 0 Å². The molecular formula is C9H15ClF2N2O. The molecule has 2 aliphatic rings. The highest BCUT2D eigenvalue weighted by Crippen LogP contribution is 2.30. The van der Waals surface area contributed by atoms with Gasteiger partial charge in [-0.3, -0.25) is 4.79 Å². The highest BCUT2D eigenvalue weighted by atomic mass is 35.5. The van der Waals surface area contributed by atoms with Gasteiger partial charge in [0.25, 0.3) is 5.92 Å². The van der Waals surface area contributed by atoms with Crippen LogP contribution in [-0.4, -0.2) is 31.0 Å². The second-order valence-corrected chi connectivity index (χ2v) is 4.06. The molecule has 0 aromatic carbocycles. The third kappa shape index (κ3) is 3.01. The van der Waals surface area contributed by atoms with Crippen LogP contribution >= 0.6 is 12.4 Å². The van der Waals surface area contributed by atoms with Gasteiger partial charge in [0.1, 0.15) is 5.92 Å². The summed E-state index contributed by atoms with van der Waals surface area (Å²) in [5.74, 6) is -4.50. The average Bonchev–Trinajstić information content (AvgIpc) is 2.87. The molecule has 1 amide bonds.